The third-order valence-electron chi connectivity index (χ3n) is 5.10. The molecule has 0 aliphatic carbocycles. The monoisotopic (exact) mass is 402 g/mol. The number of carboxylic acid groups (broad SMARTS) is 2. The van der Waals surface area contributed by atoms with Crippen LogP contribution in [-0.4, -0.2) is 68.6 Å². The number of carbonyl (C=O) groups is 2. The van der Waals surface area contributed by atoms with Gasteiger partial charge in [-0.3, -0.25) is 4.90 Å². The molecule has 3 saturated heterocycles. The van der Waals surface area contributed by atoms with Crippen molar-refractivity contribution in [3.63, 3.8) is 0 Å². The van der Waals surface area contributed by atoms with E-state index < -0.39 is 24.1 Å². The number of piperidine rings is 3. The molecule has 9 heteroatoms. The molecule has 0 aromatic heterocycles. The number of aliphatic hydroxyl groups is 2. The molecule has 3 heterocycles. The van der Waals surface area contributed by atoms with Crippen molar-refractivity contribution < 1.29 is 30.0 Å². The van der Waals surface area contributed by atoms with Crippen LogP contribution < -0.4 is 5.73 Å². The van der Waals surface area contributed by atoms with Gasteiger partial charge in [0.2, 0.25) is 0 Å². The first-order valence-corrected chi connectivity index (χ1v) is 8.67. The molecule has 3 aliphatic rings. The zero-order valence-electron chi connectivity index (χ0n) is 14.8. The minimum Gasteiger partial charge on any atom is -0.479 e. The Kier molecular flexibility index (Phi) is 9.14. The number of benzene rings is 1. The summed E-state index contributed by atoms with van der Waals surface area (Å²) in [5.74, 6) is -2.60. The van der Waals surface area contributed by atoms with Crippen LogP contribution in [0.5, 0.6) is 0 Å². The molecule has 0 radical (unpaired) electrons. The average molecular weight is 403 g/mol. The number of hydrogen-bond acceptors (Lipinski definition) is 6. The number of rotatable bonds is 5. The molecule has 4 atom stereocenters. The lowest BCUT2D eigenvalue weighted by atomic mass is 9.79. The molecule has 2 bridgehead atoms. The number of fused-ring (bicyclic) bond motifs is 3. The van der Waals surface area contributed by atoms with Crippen molar-refractivity contribution in [2.24, 2.45) is 11.7 Å². The number of nitrogens with two attached hydrogens (primary N) is 1. The van der Waals surface area contributed by atoms with E-state index in [1.807, 2.05) is 0 Å². The lowest BCUT2D eigenvalue weighted by Crippen LogP contribution is -2.52. The number of aliphatic hydroxyl groups excluding tert-OH is 2. The van der Waals surface area contributed by atoms with Gasteiger partial charge in [-0.2, -0.15) is 0 Å². The fourth-order valence-corrected chi connectivity index (χ4v) is 3.55. The van der Waals surface area contributed by atoms with Gasteiger partial charge in [0.05, 0.1) is 0 Å². The smallest absolute Gasteiger partial charge is 0.335 e. The molecule has 4 rings (SSSR count). The van der Waals surface area contributed by atoms with E-state index in [2.05, 4.69) is 35.2 Å². The molecule has 3 aliphatic heterocycles. The van der Waals surface area contributed by atoms with Crippen LogP contribution in [-0.2, 0) is 9.59 Å². The molecule has 3 fully saturated rings. The van der Waals surface area contributed by atoms with E-state index in [0.29, 0.717) is 6.04 Å². The maximum Gasteiger partial charge on any atom is 0.335 e. The fraction of sp³-hybridized carbons (Fsp3) is 0.556. The molecule has 152 valence electrons. The van der Waals surface area contributed by atoms with Crippen molar-refractivity contribution in [3.05, 3.63) is 35.9 Å². The van der Waals surface area contributed by atoms with Gasteiger partial charge in [-0.05, 0) is 43.8 Å². The first kappa shape index (κ1) is 23.3. The standard InChI is InChI=1S/C14H20N2.C4H6O6.ClH/c15-14(12-4-2-1-3-5-12)13-10-11-6-8-16(13)9-7-11;5-1(3(7)8)2(6)4(9)10;/h1-5,11,13-14H,6-10,15H2;1-2,5-6H,(H,7,8)(H,9,10);1H/t13-,14-;;/m0../s1. The van der Waals surface area contributed by atoms with E-state index >= 15 is 0 Å². The minimum atomic E-state index is -2.27. The van der Waals surface area contributed by atoms with Crippen LogP contribution in [0.25, 0.3) is 0 Å². The first-order valence-electron chi connectivity index (χ1n) is 8.67. The summed E-state index contributed by atoms with van der Waals surface area (Å²) in [6.07, 6.45) is -0.457. The van der Waals surface area contributed by atoms with Crippen molar-refractivity contribution in [1.29, 1.82) is 0 Å². The van der Waals surface area contributed by atoms with Gasteiger partial charge in [-0.15, -0.1) is 12.4 Å². The van der Waals surface area contributed by atoms with Crippen molar-refractivity contribution in [1.82, 2.24) is 4.90 Å². The van der Waals surface area contributed by atoms with Crippen LogP contribution in [0.2, 0.25) is 0 Å². The van der Waals surface area contributed by atoms with E-state index in [4.69, 9.17) is 26.2 Å². The van der Waals surface area contributed by atoms with Crippen molar-refractivity contribution in [3.8, 4) is 0 Å². The number of halogens is 1. The van der Waals surface area contributed by atoms with Gasteiger partial charge in [0.1, 0.15) is 0 Å². The highest BCUT2D eigenvalue weighted by Gasteiger charge is 2.36. The third kappa shape index (κ3) is 6.15. The predicted molar refractivity (Wildman–Crippen MR) is 101 cm³/mol. The fourth-order valence-electron chi connectivity index (χ4n) is 3.55. The Morgan fingerprint density at radius 1 is 1.00 bits per heavy atom. The maximum atomic E-state index is 9.77. The highest BCUT2D eigenvalue weighted by atomic mass is 35.5. The molecule has 0 amide bonds. The lowest BCUT2D eigenvalue weighted by Gasteiger charge is -2.47. The number of carboxylic acids is 2. The molecule has 2 unspecified atom stereocenters. The van der Waals surface area contributed by atoms with Gasteiger partial charge in [0.15, 0.2) is 12.2 Å². The van der Waals surface area contributed by atoms with Gasteiger partial charge in [-0.1, -0.05) is 30.3 Å². The number of aliphatic carboxylic acids is 2. The van der Waals surface area contributed by atoms with Gasteiger partial charge >= 0.3 is 11.9 Å². The summed E-state index contributed by atoms with van der Waals surface area (Å²) in [5, 5.41) is 32.5. The molecular weight excluding hydrogens is 376 g/mol. The Balaban J connectivity index is 0.000000292. The second kappa shape index (κ2) is 10.6. The van der Waals surface area contributed by atoms with E-state index in [0.717, 1.165) is 5.92 Å². The normalized spacial score (nSPS) is 26.6. The third-order valence-corrected chi connectivity index (χ3v) is 5.10. The Bertz CT molecular complexity index is 591. The molecule has 8 nitrogen and oxygen atoms in total. The topological polar surface area (TPSA) is 144 Å². The molecule has 1 aromatic carbocycles. The summed E-state index contributed by atoms with van der Waals surface area (Å²) in [4.78, 5) is 22.1. The van der Waals surface area contributed by atoms with E-state index in [1.54, 1.807) is 0 Å². The van der Waals surface area contributed by atoms with Gasteiger partial charge < -0.3 is 26.2 Å². The van der Waals surface area contributed by atoms with Crippen molar-refractivity contribution in [2.75, 3.05) is 13.1 Å². The first-order chi connectivity index (χ1) is 12.3. The molecule has 6 N–H and O–H groups in total. The number of nitrogens with zero attached hydrogens (tertiary/aromatic N) is 1. The average Bonchev–Trinajstić information content (AvgIpc) is 2.68. The summed E-state index contributed by atoms with van der Waals surface area (Å²) < 4.78 is 0. The van der Waals surface area contributed by atoms with E-state index in [-0.39, 0.29) is 18.4 Å². The van der Waals surface area contributed by atoms with Crippen LogP contribution in [0.15, 0.2) is 30.3 Å². The van der Waals surface area contributed by atoms with Gasteiger partial charge in [0, 0.05) is 12.1 Å². The highest BCUT2D eigenvalue weighted by Crippen LogP contribution is 2.36. The summed E-state index contributed by atoms with van der Waals surface area (Å²) in [7, 11) is 0. The summed E-state index contributed by atoms with van der Waals surface area (Å²) in [5.41, 5.74) is 7.71. The quantitative estimate of drug-likeness (QED) is 0.478. The van der Waals surface area contributed by atoms with Crippen molar-refractivity contribution >= 4 is 24.3 Å². The Morgan fingerprint density at radius 3 is 1.85 bits per heavy atom. The zero-order chi connectivity index (χ0) is 19.3. The Hall–Kier alpha value is -1.71. The lowest BCUT2D eigenvalue weighted by molar-refractivity contribution is -0.165. The molecule has 0 spiro atoms. The highest BCUT2D eigenvalue weighted by molar-refractivity contribution is 5.85. The Labute approximate surface area is 164 Å². The van der Waals surface area contributed by atoms with E-state index in [1.165, 1.54) is 37.9 Å². The second-order valence-corrected chi connectivity index (χ2v) is 6.79. The number of hydrogen-bond donors (Lipinski definition) is 5. The van der Waals surface area contributed by atoms with Crippen molar-refractivity contribution in [2.45, 2.75) is 43.6 Å². The zero-order valence-corrected chi connectivity index (χ0v) is 15.7. The van der Waals surface area contributed by atoms with Crippen LogP contribution in [0, 0.1) is 5.92 Å². The molecule has 1 aromatic rings. The Morgan fingerprint density at radius 2 is 1.48 bits per heavy atom. The van der Waals surface area contributed by atoms with Crippen LogP contribution in [0.3, 0.4) is 0 Å². The summed E-state index contributed by atoms with van der Waals surface area (Å²) in [6.45, 7) is 2.52. The van der Waals surface area contributed by atoms with Crippen LogP contribution in [0.1, 0.15) is 30.9 Å². The largest absolute Gasteiger partial charge is 0.479 e. The summed E-state index contributed by atoms with van der Waals surface area (Å²) in [6, 6.07) is 11.3. The molecule has 27 heavy (non-hydrogen) atoms. The SMILES string of the molecule is Cl.N[C@@H](c1ccccc1)[C@@H]1CC2CCN1CC2.O=C(O)C(O)C(O)C(=O)O. The van der Waals surface area contributed by atoms with Crippen LogP contribution in [0.4, 0.5) is 0 Å². The van der Waals surface area contributed by atoms with E-state index in [9.17, 15) is 9.59 Å². The summed E-state index contributed by atoms with van der Waals surface area (Å²) >= 11 is 0. The van der Waals surface area contributed by atoms with Gasteiger partial charge in [-0.25, -0.2) is 9.59 Å². The maximum absolute atomic E-state index is 9.77. The molecular formula is C18H27ClN2O6. The van der Waals surface area contributed by atoms with Crippen LogP contribution >= 0.6 is 12.4 Å². The predicted octanol–water partition coefficient (Wildman–Crippen LogP) is 0.470. The second-order valence-electron chi connectivity index (χ2n) is 6.79. The minimum absolute atomic E-state index is 0. The van der Waals surface area contributed by atoms with Gasteiger partial charge in [0.25, 0.3) is 0 Å². The molecule has 0 saturated carbocycles.